The number of thiophene rings is 1. The molecule has 2 aliphatic rings. The molecule has 1 aliphatic carbocycles. The molecule has 0 unspecified atom stereocenters. The van der Waals surface area contributed by atoms with Gasteiger partial charge in [-0.3, -0.25) is 9.58 Å². The molecule has 0 atom stereocenters. The minimum absolute atomic E-state index is 0.0457. The SMILES string of the molecule is O=C(O)c1ccc(CN2CCC(c3c4cc(C(c5ccc(Cl)cc5)c5ccc(Cl)cc5)ccc4nn3C3CC3)CC2)s1. The average Bonchev–Trinajstić information content (AvgIpc) is 3.61. The molecule has 8 heteroatoms. The molecule has 5 nitrogen and oxygen atoms in total. The molecule has 1 aliphatic heterocycles. The van der Waals surface area contributed by atoms with E-state index in [2.05, 4.69) is 52.0 Å². The highest BCUT2D eigenvalue weighted by Crippen LogP contribution is 2.43. The molecular weight excluding hydrogens is 585 g/mol. The number of likely N-dealkylation sites (tertiary alicyclic amines) is 1. The molecule has 0 radical (unpaired) electrons. The van der Waals surface area contributed by atoms with Gasteiger partial charge in [-0.25, -0.2) is 4.79 Å². The third-order valence-electron chi connectivity index (χ3n) is 8.62. The van der Waals surface area contributed by atoms with Crippen molar-refractivity contribution in [3.05, 3.63) is 121 Å². The number of hydrogen-bond acceptors (Lipinski definition) is 4. The molecule has 2 fully saturated rings. The number of aromatic carboxylic acids is 1. The third-order valence-corrected chi connectivity index (χ3v) is 10.2. The van der Waals surface area contributed by atoms with Crippen LogP contribution in [-0.4, -0.2) is 38.8 Å². The van der Waals surface area contributed by atoms with Crippen LogP contribution in [0.4, 0.5) is 0 Å². The second kappa shape index (κ2) is 11.5. The molecule has 1 saturated heterocycles. The van der Waals surface area contributed by atoms with E-state index in [0.29, 0.717) is 16.8 Å². The number of carbonyl (C=O) groups is 1. The summed E-state index contributed by atoms with van der Waals surface area (Å²) >= 11 is 13.9. The summed E-state index contributed by atoms with van der Waals surface area (Å²) in [5.74, 6) is -0.368. The first kappa shape index (κ1) is 27.7. The maximum atomic E-state index is 11.3. The second-order valence-corrected chi connectivity index (χ2v) is 13.5. The van der Waals surface area contributed by atoms with E-state index in [-0.39, 0.29) is 5.92 Å². The minimum atomic E-state index is -0.848. The van der Waals surface area contributed by atoms with Gasteiger partial charge in [-0.15, -0.1) is 11.3 Å². The van der Waals surface area contributed by atoms with Crippen LogP contribution in [-0.2, 0) is 6.54 Å². The Morgan fingerprint density at radius 2 is 1.48 bits per heavy atom. The molecule has 0 amide bonds. The van der Waals surface area contributed by atoms with Crippen molar-refractivity contribution in [2.45, 2.75) is 50.1 Å². The lowest BCUT2D eigenvalue weighted by Crippen LogP contribution is -2.32. The number of fused-ring (bicyclic) bond motifs is 1. The standard InChI is InChI=1S/C34H31Cl2N3O2S/c35-25-6-1-21(2-7-25)32(22-3-8-26(36)9-4-22)24-5-13-30-29(19-24)33(39(37-30)27-10-11-27)23-15-17-38(18-16-23)20-28-12-14-31(42-28)34(40)41/h1-9,12-14,19,23,27,32H,10-11,15-18,20H2,(H,40,41). The van der Waals surface area contributed by atoms with E-state index in [9.17, 15) is 9.90 Å². The second-order valence-electron chi connectivity index (χ2n) is 11.5. The van der Waals surface area contributed by atoms with Crippen LogP contribution in [0.2, 0.25) is 10.0 Å². The summed E-state index contributed by atoms with van der Waals surface area (Å²) in [6.07, 6.45) is 4.50. The van der Waals surface area contributed by atoms with Gasteiger partial charge in [0.25, 0.3) is 0 Å². The van der Waals surface area contributed by atoms with Gasteiger partial charge in [-0.05, 0) is 104 Å². The first-order chi connectivity index (χ1) is 20.4. The quantitative estimate of drug-likeness (QED) is 0.177. The van der Waals surface area contributed by atoms with E-state index >= 15 is 0 Å². The Hall–Kier alpha value is -3.16. The zero-order valence-electron chi connectivity index (χ0n) is 23.0. The first-order valence-corrected chi connectivity index (χ1v) is 16.1. The highest BCUT2D eigenvalue weighted by atomic mass is 35.5. The molecule has 214 valence electrons. The summed E-state index contributed by atoms with van der Waals surface area (Å²) in [6, 6.07) is 27.2. The van der Waals surface area contributed by atoms with Gasteiger partial charge < -0.3 is 5.11 Å². The summed E-state index contributed by atoms with van der Waals surface area (Å²) in [5.41, 5.74) is 6.04. The van der Waals surface area contributed by atoms with E-state index in [4.69, 9.17) is 28.3 Å². The van der Waals surface area contributed by atoms with Crippen LogP contribution >= 0.6 is 34.5 Å². The van der Waals surface area contributed by atoms with Crippen molar-refractivity contribution >= 4 is 51.4 Å². The van der Waals surface area contributed by atoms with Crippen molar-refractivity contribution in [3.8, 4) is 0 Å². The van der Waals surface area contributed by atoms with Crippen molar-refractivity contribution in [1.29, 1.82) is 0 Å². The Balaban J connectivity index is 1.21. The van der Waals surface area contributed by atoms with E-state index in [0.717, 1.165) is 52.9 Å². The molecule has 5 aromatic rings. The van der Waals surface area contributed by atoms with Crippen LogP contribution < -0.4 is 0 Å². The number of piperidine rings is 1. The van der Waals surface area contributed by atoms with Crippen LogP contribution in [0.3, 0.4) is 0 Å². The highest BCUT2D eigenvalue weighted by Gasteiger charge is 2.33. The van der Waals surface area contributed by atoms with Crippen LogP contribution in [0.25, 0.3) is 10.9 Å². The van der Waals surface area contributed by atoms with Gasteiger partial charge in [0.1, 0.15) is 4.88 Å². The fourth-order valence-corrected chi connectivity index (χ4v) is 7.51. The summed E-state index contributed by atoms with van der Waals surface area (Å²) in [6.45, 7) is 2.78. The monoisotopic (exact) mass is 615 g/mol. The Morgan fingerprint density at radius 3 is 2.05 bits per heavy atom. The zero-order valence-corrected chi connectivity index (χ0v) is 25.4. The summed E-state index contributed by atoms with van der Waals surface area (Å²) in [7, 11) is 0. The fourth-order valence-electron chi connectivity index (χ4n) is 6.37. The van der Waals surface area contributed by atoms with Gasteiger partial charge in [0.05, 0.1) is 11.6 Å². The van der Waals surface area contributed by atoms with Crippen molar-refractivity contribution in [3.63, 3.8) is 0 Å². The molecular formula is C34H31Cl2N3O2S. The van der Waals surface area contributed by atoms with Crippen LogP contribution in [0, 0.1) is 0 Å². The Kier molecular flexibility index (Phi) is 7.57. The molecule has 2 aromatic heterocycles. The maximum absolute atomic E-state index is 11.3. The largest absolute Gasteiger partial charge is 0.477 e. The Morgan fingerprint density at radius 1 is 0.857 bits per heavy atom. The lowest BCUT2D eigenvalue weighted by atomic mass is 9.84. The van der Waals surface area contributed by atoms with E-state index in [1.807, 2.05) is 30.3 Å². The number of benzene rings is 3. The van der Waals surface area contributed by atoms with Crippen molar-refractivity contribution in [2.75, 3.05) is 13.1 Å². The van der Waals surface area contributed by atoms with E-state index in [1.165, 1.54) is 51.9 Å². The van der Waals surface area contributed by atoms with Gasteiger partial charge in [-0.1, -0.05) is 53.5 Å². The smallest absolute Gasteiger partial charge is 0.345 e. The third kappa shape index (κ3) is 5.61. The fraction of sp³-hybridized carbons (Fsp3) is 0.294. The summed E-state index contributed by atoms with van der Waals surface area (Å²) in [5, 5.41) is 17.1. The van der Waals surface area contributed by atoms with Crippen LogP contribution in [0.1, 0.15) is 80.5 Å². The van der Waals surface area contributed by atoms with Gasteiger partial charge in [0.2, 0.25) is 0 Å². The van der Waals surface area contributed by atoms with Gasteiger partial charge in [0, 0.05) is 44.4 Å². The molecule has 1 saturated carbocycles. The van der Waals surface area contributed by atoms with Crippen LogP contribution in [0.15, 0.2) is 78.9 Å². The molecule has 1 N–H and O–H groups in total. The van der Waals surface area contributed by atoms with Crippen LogP contribution in [0.5, 0.6) is 0 Å². The predicted molar refractivity (Wildman–Crippen MR) is 170 cm³/mol. The molecule has 0 bridgehead atoms. The van der Waals surface area contributed by atoms with Gasteiger partial charge >= 0.3 is 5.97 Å². The normalized spacial score (nSPS) is 16.5. The minimum Gasteiger partial charge on any atom is -0.477 e. The average molecular weight is 617 g/mol. The van der Waals surface area contributed by atoms with Crippen molar-refractivity contribution in [1.82, 2.24) is 14.7 Å². The molecule has 42 heavy (non-hydrogen) atoms. The molecule has 7 rings (SSSR count). The number of carboxylic acid groups (broad SMARTS) is 1. The predicted octanol–water partition coefficient (Wildman–Crippen LogP) is 9.00. The zero-order chi connectivity index (χ0) is 28.8. The highest BCUT2D eigenvalue weighted by molar-refractivity contribution is 7.13. The van der Waals surface area contributed by atoms with E-state index < -0.39 is 5.97 Å². The molecule has 0 spiro atoms. The Bertz CT molecular complexity index is 1690. The summed E-state index contributed by atoms with van der Waals surface area (Å²) in [4.78, 5) is 15.3. The van der Waals surface area contributed by atoms with Gasteiger partial charge in [0.15, 0.2) is 0 Å². The topological polar surface area (TPSA) is 58.4 Å². The number of carboxylic acids is 1. The van der Waals surface area contributed by atoms with Crippen molar-refractivity contribution < 1.29 is 9.90 Å². The van der Waals surface area contributed by atoms with Crippen molar-refractivity contribution in [2.24, 2.45) is 0 Å². The number of aromatic nitrogens is 2. The number of nitrogens with zero attached hydrogens (tertiary/aromatic N) is 3. The lowest BCUT2D eigenvalue weighted by Gasteiger charge is -2.32. The van der Waals surface area contributed by atoms with E-state index in [1.54, 1.807) is 6.07 Å². The number of rotatable bonds is 8. The number of hydrogen-bond donors (Lipinski definition) is 1. The maximum Gasteiger partial charge on any atom is 0.345 e. The lowest BCUT2D eigenvalue weighted by molar-refractivity contribution is 0.0702. The first-order valence-electron chi connectivity index (χ1n) is 14.5. The molecule has 3 aromatic carbocycles. The summed E-state index contributed by atoms with van der Waals surface area (Å²) < 4.78 is 2.34. The molecule has 3 heterocycles. The van der Waals surface area contributed by atoms with Gasteiger partial charge in [-0.2, -0.15) is 5.10 Å². The Labute approximate surface area is 259 Å². The number of halogens is 2.